The molecule has 2 rings (SSSR count). The van der Waals surface area contributed by atoms with Crippen molar-refractivity contribution in [1.82, 2.24) is 0 Å². The first-order valence-corrected chi connectivity index (χ1v) is 6.86. The predicted octanol–water partition coefficient (Wildman–Crippen LogP) is 4.31. The lowest BCUT2D eigenvalue weighted by Gasteiger charge is -2.08. The minimum absolute atomic E-state index is 0.0955. The molecule has 2 aromatic carbocycles. The van der Waals surface area contributed by atoms with Crippen molar-refractivity contribution in [2.75, 3.05) is 5.32 Å². The van der Waals surface area contributed by atoms with Crippen molar-refractivity contribution in [3.63, 3.8) is 0 Å². The maximum Gasteiger partial charge on any atom is 0.256 e. The number of nitrogens with one attached hydrogen (secondary N) is 1. The second-order valence-electron chi connectivity index (χ2n) is 3.41. The van der Waals surface area contributed by atoms with E-state index in [1.807, 2.05) is 48.5 Å². The molecule has 0 radical (unpaired) electrons. The highest BCUT2D eigenvalue weighted by Crippen LogP contribution is 2.22. The van der Waals surface area contributed by atoms with Gasteiger partial charge in [0.2, 0.25) is 0 Å². The Labute approximate surface area is 122 Å². The van der Waals surface area contributed by atoms with Gasteiger partial charge in [0.05, 0.1) is 11.3 Å². The molecule has 0 aliphatic carbocycles. The zero-order valence-corrected chi connectivity index (χ0v) is 12.5. The van der Waals surface area contributed by atoms with Crippen molar-refractivity contribution in [3.8, 4) is 0 Å². The minimum atomic E-state index is -0.0955. The van der Waals surface area contributed by atoms with Crippen molar-refractivity contribution < 1.29 is 4.79 Å². The van der Waals surface area contributed by atoms with Crippen molar-refractivity contribution in [2.45, 2.75) is 0 Å². The van der Waals surface area contributed by atoms with E-state index in [0.29, 0.717) is 5.56 Å². The van der Waals surface area contributed by atoms with Crippen LogP contribution in [0.25, 0.3) is 0 Å². The normalized spacial score (nSPS) is 10.0. The lowest BCUT2D eigenvalue weighted by molar-refractivity contribution is 0.102. The summed E-state index contributed by atoms with van der Waals surface area (Å²) in [5, 5.41) is 2.88. The number of hydrogen-bond acceptors (Lipinski definition) is 1. The lowest BCUT2D eigenvalue weighted by Crippen LogP contribution is -2.13. The van der Waals surface area contributed by atoms with Gasteiger partial charge in [0, 0.05) is 8.04 Å². The summed E-state index contributed by atoms with van der Waals surface area (Å²) in [6, 6.07) is 15.0. The molecule has 0 saturated carbocycles. The Morgan fingerprint density at radius 2 is 1.71 bits per heavy atom. The summed E-state index contributed by atoms with van der Waals surface area (Å²) in [6.07, 6.45) is 0. The number of amides is 1. The van der Waals surface area contributed by atoms with E-state index in [4.69, 9.17) is 0 Å². The Kier molecular flexibility index (Phi) is 4.17. The fourth-order valence-corrected chi connectivity index (χ4v) is 2.41. The van der Waals surface area contributed by atoms with E-state index in [1.165, 1.54) is 0 Å². The Balaban J connectivity index is 2.24. The number of rotatable bonds is 2. The highest BCUT2D eigenvalue weighted by molar-refractivity contribution is 14.1. The molecule has 4 heteroatoms. The van der Waals surface area contributed by atoms with Gasteiger partial charge in [-0.2, -0.15) is 0 Å². The lowest BCUT2D eigenvalue weighted by atomic mass is 10.2. The van der Waals surface area contributed by atoms with Crippen LogP contribution in [0.15, 0.2) is 53.0 Å². The van der Waals surface area contributed by atoms with Gasteiger partial charge in [0.25, 0.3) is 5.91 Å². The van der Waals surface area contributed by atoms with Crippen molar-refractivity contribution in [3.05, 3.63) is 62.1 Å². The molecule has 0 aliphatic heterocycles. The van der Waals surface area contributed by atoms with Crippen molar-refractivity contribution in [1.29, 1.82) is 0 Å². The minimum Gasteiger partial charge on any atom is -0.321 e. The number of hydrogen-bond donors (Lipinski definition) is 1. The average molecular weight is 402 g/mol. The maximum absolute atomic E-state index is 12.1. The van der Waals surface area contributed by atoms with Gasteiger partial charge in [-0.15, -0.1) is 0 Å². The zero-order valence-electron chi connectivity index (χ0n) is 8.78. The molecular weight excluding hydrogens is 393 g/mol. The zero-order chi connectivity index (χ0) is 12.3. The number of anilines is 1. The molecule has 0 atom stereocenters. The number of halogens is 2. The van der Waals surface area contributed by atoms with E-state index in [9.17, 15) is 4.79 Å². The third-order valence-corrected chi connectivity index (χ3v) is 3.87. The molecule has 0 saturated heterocycles. The Bertz CT molecular complexity index is 557. The van der Waals surface area contributed by atoms with E-state index >= 15 is 0 Å². The highest BCUT2D eigenvalue weighted by atomic mass is 127. The van der Waals surface area contributed by atoms with Gasteiger partial charge in [0.1, 0.15) is 0 Å². The number of benzene rings is 2. The summed E-state index contributed by atoms with van der Waals surface area (Å²) in [7, 11) is 0. The van der Waals surface area contributed by atoms with Gasteiger partial charge in [-0.25, -0.2) is 0 Å². The molecule has 86 valence electrons. The van der Waals surface area contributed by atoms with E-state index < -0.39 is 0 Å². The van der Waals surface area contributed by atoms with E-state index in [2.05, 4.69) is 43.8 Å². The number of carbonyl (C=O) groups excluding carboxylic acids is 1. The Hall–Kier alpha value is -0.880. The molecule has 0 aliphatic rings. The van der Waals surface area contributed by atoms with Crippen LogP contribution in [0.1, 0.15) is 10.4 Å². The first kappa shape index (κ1) is 12.6. The summed E-state index contributed by atoms with van der Waals surface area (Å²) < 4.78 is 1.81. The van der Waals surface area contributed by atoms with Crippen LogP contribution >= 0.6 is 38.5 Å². The van der Waals surface area contributed by atoms with Crippen LogP contribution in [0.3, 0.4) is 0 Å². The van der Waals surface area contributed by atoms with Crippen molar-refractivity contribution in [2.24, 2.45) is 0 Å². The van der Waals surface area contributed by atoms with Crippen LogP contribution in [0.2, 0.25) is 0 Å². The van der Waals surface area contributed by atoms with Gasteiger partial charge in [0.15, 0.2) is 0 Å². The van der Waals surface area contributed by atoms with Crippen LogP contribution in [0.5, 0.6) is 0 Å². The number of carbonyl (C=O) groups is 1. The van der Waals surface area contributed by atoms with Gasteiger partial charge in [-0.3, -0.25) is 4.79 Å². The molecule has 0 fully saturated rings. The van der Waals surface area contributed by atoms with E-state index in [-0.39, 0.29) is 5.91 Å². The topological polar surface area (TPSA) is 29.1 Å². The van der Waals surface area contributed by atoms with Crippen LogP contribution in [0, 0.1) is 3.57 Å². The maximum atomic E-state index is 12.1. The second kappa shape index (κ2) is 5.64. The smallest absolute Gasteiger partial charge is 0.256 e. The Morgan fingerprint density at radius 1 is 1.06 bits per heavy atom. The van der Waals surface area contributed by atoms with Crippen LogP contribution in [-0.2, 0) is 0 Å². The standard InChI is InChI=1S/C13H9BrINO/c14-10-6-2-4-8-12(10)16-13(17)9-5-1-3-7-11(9)15/h1-8H,(H,16,17). The van der Waals surface area contributed by atoms with Crippen LogP contribution in [-0.4, -0.2) is 5.91 Å². The molecule has 2 nitrogen and oxygen atoms in total. The third-order valence-electron chi connectivity index (χ3n) is 2.24. The number of para-hydroxylation sites is 1. The van der Waals surface area contributed by atoms with E-state index in [0.717, 1.165) is 13.7 Å². The largest absolute Gasteiger partial charge is 0.321 e. The summed E-state index contributed by atoms with van der Waals surface area (Å²) >= 11 is 5.55. The first-order valence-electron chi connectivity index (χ1n) is 4.99. The molecule has 17 heavy (non-hydrogen) atoms. The molecule has 1 amide bonds. The molecule has 0 spiro atoms. The molecule has 1 N–H and O–H groups in total. The molecule has 0 unspecified atom stereocenters. The monoisotopic (exact) mass is 401 g/mol. The van der Waals surface area contributed by atoms with Gasteiger partial charge >= 0.3 is 0 Å². The second-order valence-corrected chi connectivity index (χ2v) is 5.43. The van der Waals surface area contributed by atoms with Crippen LogP contribution < -0.4 is 5.32 Å². The predicted molar refractivity (Wildman–Crippen MR) is 81.3 cm³/mol. The fourth-order valence-electron chi connectivity index (χ4n) is 1.40. The fraction of sp³-hybridized carbons (Fsp3) is 0. The Morgan fingerprint density at radius 3 is 2.41 bits per heavy atom. The first-order chi connectivity index (χ1) is 8.18. The molecule has 0 aromatic heterocycles. The molecular formula is C13H9BrINO. The van der Waals surface area contributed by atoms with Crippen molar-refractivity contribution >= 4 is 50.1 Å². The molecule has 0 bridgehead atoms. The summed E-state index contributed by atoms with van der Waals surface area (Å²) in [5.74, 6) is -0.0955. The van der Waals surface area contributed by atoms with E-state index in [1.54, 1.807) is 0 Å². The summed E-state index contributed by atoms with van der Waals surface area (Å²) in [6.45, 7) is 0. The summed E-state index contributed by atoms with van der Waals surface area (Å²) in [5.41, 5.74) is 1.46. The van der Waals surface area contributed by atoms with Gasteiger partial charge in [-0.1, -0.05) is 24.3 Å². The quantitative estimate of drug-likeness (QED) is 0.746. The average Bonchev–Trinajstić information content (AvgIpc) is 2.32. The van der Waals surface area contributed by atoms with Gasteiger partial charge in [-0.05, 0) is 62.8 Å². The molecule has 2 aromatic rings. The van der Waals surface area contributed by atoms with Crippen LogP contribution in [0.4, 0.5) is 5.69 Å². The summed E-state index contributed by atoms with van der Waals surface area (Å²) in [4.78, 5) is 12.1. The SMILES string of the molecule is O=C(Nc1ccccc1Br)c1ccccc1I. The van der Waals surface area contributed by atoms with Gasteiger partial charge < -0.3 is 5.32 Å². The third kappa shape index (κ3) is 3.07. The highest BCUT2D eigenvalue weighted by Gasteiger charge is 2.10. The molecule has 0 heterocycles.